The number of hydrogen-bond acceptors (Lipinski definition) is 5. The van der Waals surface area contributed by atoms with Gasteiger partial charge in [0.2, 0.25) is 0 Å². The van der Waals surface area contributed by atoms with E-state index in [1.807, 2.05) is 0 Å². The fraction of sp³-hybridized carbons (Fsp3) is 0.500. The van der Waals surface area contributed by atoms with Crippen LogP contribution in [-0.2, 0) is 11.3 Å². The molecule has 1 aromatic rings. The third-order valence-electron chi connectivity index (χ3n) is 3.06. The van der Waals surface area contributed by atoms with Crippen LogP contribution in [0.2, 0.25) is 5.02 Å². The maximum atomic E-state index is 12.2. The Morgan fingerprint density at radius 1 is 1.41 bits per heavy atom. The molecule has 0 aromatic heterocycles. The van der Waals surface area contributed by atoms with Gasteiger partial charge in [-0.1, -0.05) is 17.7 Å². The van der Waals surface area contributed by atoms with Crippen LogP contribution < -0.4 is 10.2 Å². The van der Waals surface area contributed by atoms with E-state index in [1.165, 1.54) is 11.0 Å². The topological polar surface area (TPSA) is 79.2 Å². The SMILES string of the molecule is CC(C)(C)OC(=O)N1CCOc2c(Cl)cc(B(O)O)cc2C1. The second-order valence-corrected chi connectivity index (χ2v) is 6.52. The van der Waals surface area contributed by atoms with Crippen LogP contribution in [0.1, 0.15) is 26.3 Å². The van der Waals surface area contributed by atoms with E-state index in [-0.39, 0.29) is 23.6 Å². The number of halogens is 1. The lowest BCUT2D eigenvalue weighted by atomic mass is 9.79. The van der Waals surface area contributed by atoms with Crippen LogP contribution >= 0.6 is 11.6 Å². The van der Waals surface area contributed by atoms with Gasteiger partial charge in [0.25, 0.3) is 0 Å². The van der Waals surface area contributed by atoms with Gasteiger partial charge in [0.05, 0.1) is 18.1 Å². The maximum absolute atomic E-state index is 12.2. The van der Waals surface area contributed by atoms with E-state index in [1.54, 1.807) is 26.8 Å². The third kappa shape index (κ3) is 4.06. The number of ether oxygens (including phenoxy) is 2. The molecule has 1 aromatic carbocycles. The highest BCUT2D eigenvalue weighted by Gasteiger charge is 2.27. The molecule has 0 bridgehead atoms. The quantitative estimate of drug-likeness (QED) is 0.757. The van der Waals surface area contributed by atoms with Crippen molar-refractivity contribution >= 4 is 30.3 Å². The summed E-state index contributed by atoms with van der Waals surface area (Å²) in [5.41, 5.74) is 0.269. The standard InChI is InChI=1S/C14H19BClNO5/c1-14(2,3)22-13(18)17-4-5-21-12-9(8-17)6-10(15(19)20)7-11(12)16/h6-7,19-20H,4-5,8H2,1-3H3. The predicted molar refractivity (Wildman–Crippen MR) is 83.4 cm³/mol. The zero-order chi connectivity index (χ0) is 16.5. The Morgan fingerprint density at radius 2 is 2.09 bits per heavy atom. The molecule has 22 heavy (non-hydrogen) atoms. The number of amides is 1. The van der Waals surface area contributed by atoms with Crippen molar-refractivity contribution < 1.29 is 24.3 Å². The fourth-order valence-corrected chi connectivity index (χ4v) is 2.43. The Labute approximate surface area is 134 Å². The van der Waals surface area contributed by atoms with Crippen LogP contribution in [0.15, 0.2) is 12.1 Å². The molecule has 0 fully saturated rings. The lowest BCUT2D eigenvalue weighted by Gasteiger charge is -2.26. The Hall–Kier alpha value is -1.44. The summed E-state index contributed by atoms with van der Waals surface area (Å²) in [7, 11) is -1.64. The van der Waals surface area contributed by atoms with Crippen molar-refractivity contribution in [3.05, 3.63) is 22.7 Å². The molecule has 8 heteroatoms. The Balaban J connectivity index is 2.27. The lowest BCUT2D eigenvalue weighted by Crippen LogP contribution is -2.37. The van der Waals surface area contributed by atoms with Gasteiger partial charge in [-0.2, -0.15) is 0 Å². The molecule has 2 N–H and O–H groups in total. The molecular formula is C14H19BClNO5. The van der Waals surface area contributed by atoms with Gasteiger partial charge < -0.3 is 24.4 Å². The first-order valence-electron chi connectivity index (χ1n) is 6.96. The molecule has 0 atom stereocenters. The lowest BCUT2D eigenvalue weighted by molar-refractivity contribution is 0.0225. The van der Waals surface area contributed by atoms with Gasteiger partial charge in [0.15, 0.2) is 0 Å². The summed E-state index contributed by atoms with van der Waals surface area (Å²) >= 11 is 6.12. The first-order valence-corrected chi connectivity index (χ1v) is 7.34. The number of nitrogens with zero attached hydrogens (tertiary/aromatic N) is 1. The minimum absolute atomic E-state index is 0.227. The van der Waals surface area contributed by atoms with Crippen molar-refractivity contribution in [2.75, 3.05) is 13.2 Å². The molecule has 0 spiro atoms. The summed E-state index contributed by atoms with van der Waals surface area (Å²) in [4.78, 5) is 13.7. The monoisotopic (exact) mass is 327 g/mol. The fourth-order valence-electron chi connectivity index (χ4n) is 2.13. The molecule has 0 saturated heterocycles. The van der Waals surface area contributed by atoms with Crippen LogP contribution in [0.25, 0.3) is 0 Å². The number of hydrogen-bond donors (Lipinski definition) is 2. The number of carbonyl (C=O) groups excluding carboxylic acids is 1. The third-order valence-corrected chi connectivity index (χ3v) is 3.34. The van der Waals surface area contributed by atoms with Crippen molar-refractivity contribution in [3.63, 3.8) is 0 Å². The summed E-state index contributed by atoms with van der Waals surface area (Å²) in [6, 6.07) is 3.00. The van der Waals surface area contributed by atoms with Crippen molar-refractivity contribution in [2.24, 2.45) is 0 Å². The molecule has 1 aliphatic heterocycles. The number of carbonyl (C=O) groups is 1. The van der Waals surface area contributed by atoms with E-state index in [0.717, 1.165) is 0 Å². The van der Waals surface area contributed by atoms with Crippen molar-refractivity contribution in [1.29, 1.82) is 0 Å². The number of fused-ring (bicyclic) bond motifs is 1. The van der Waals surface area contributed by atoms with Crippen molar-refractivity contribution in [2.45, 2.75) is 32.9 Å². The van der Waals surface area contributed by atoms with Gasteiger partial charge in [0, 0.05) is 5.56 Å². The van der Waals surface area contributed by atoms with Crippen molar-refractivity contribution in [1.82, 2.24) is 4.90 Å². The van der Waals surface area contributed by atoms with Gasteiger partial charge in [0.1, 0.15) is 18.0 Å². The minimum Gasteiger partial charge on any atom is -0.490 e. The summed E-state index contributed by atoms with van der Waals surface area (Å²) in [5.74, 6) is 0.456. The minimum atomic E-state index is -1.64. The number of benzene rings is 1. The normalized spacial score (nSPS) is 14.7. The Kier molecular flexibility index (Phi) is 4.89. The van der Waals surface area contributed by atoms with E-state index in [9.17, 15) is 14.8 Å². The van der Waals surface area contributed by atoms with Crippen LogP contribution in [0.5, 0.6) is 5.75 Å². The van der Waals surface area contributed by atoms with Gasteiger partial charge in [-0.05, 0) is 32.3 Å². The molecule has 120 valence electrons. The molecule has 1 amide bonds. The molecule has 2 rings (SSSR count). The molecule has 0 radical (unpaired) electrons. The summed E-state index contributed by atoms with van der Waals surface area (Å²) in [5, 5.41) is 18.9. The first-order chi connectivity index (χ1) is 10.2. The first kappa shape index (κ1) is 16.9. The zero-order valence-corrected chi connectivity index (χ0v) is 13.6. The van der Waals surface area contributed by atoms with Gasteiger partial charge in [-0.3, -0.25) is 0 Å². The predicted octanol–water partition coefficient (Wildman–Crippen LogP) is 1.15. The van der Waals surface area contributed by atoms with Crippen LogP contribution in [0.4, 0.5) is 4.79 Å². The average Bonchev–Trinajstić information content (AvgIpc) is 2.59. The highest BCUT2D eigenvalue weighted by Crippen LogP contribution is 2.31. The Bertz CT molecular complexity index is 573. The van der Waals surface area contributed by atoms with E-state index in [2.05, 4.69) is 0 Å². The highest BCUT2D eigenvalue weighted by atomic mass is 35.5. The average molecular weight is 328 g/mol. The van der Waals surface area contributed by atoms with Crippen LogP contribution in [-0.4, -0.2) is 46.9 Å². The second kappa shape index (κ2) is 6.36. The number of rotatable bonds is 1. The van der Waals surface area contributed by atoms with E-state index in [4.69, 9.17) is 21.1 Å². The molecule has 0 saturated carbocycles. The molecule has 1 aliphatic rings. The summed E-state index contributed by atoms with van der Waals surface area (Å²) < 4.78 is 10.9. The molecule has 6 nitrogen and oxygen atoms in total. The van der Waals surface area contributed by atoms with Gasteiger partial charge in [-0.25, -0.2) is 4.79 Å². The van der Waals surface area contributed by atoms with Crippen LogP contribution in [0, 0.1) is 0 Å². The largest absolute Gasteiger partial charge is 0.490 e. The summed E-state index contributed by atoms with van der Waals surface area (Å²) in [6.45, 7) is 6.26. The van der Waals surface area contributed by atoms with E-state index >= 15 is 0 Å². The highest BCUT2D eigenvalue weighted by molar-refractivity contribution is 6.59. The van der Waals surface area contributed by atoms with Gasteiger partial charge in [-0.15, -0.1) is 0 Å². The zero-order valence-electron chi connectivity index (χ0n) is 12.8. The molecular weight excluding hydrogens is 308 g/mol. The Morgan fingerprint density at radius 3 is 2.68 bits per heavy atom. The van der Waals surface area contributed by atoms with Crippen molar-refractivity contribution in [3.8, 4) is 5.75 Å². The summed E-state index contributed by atoms with van der Waals surface area (Å²) in [6.07, 6.45) is -0.449. The van der Waals surface area contributed by atoms with E-state index < -0.39 is 18.8 Å². The second-order valence-electron chi connectivity index (χ2n) is 6.12. The smallest absolute Gasteiger partial charge is 0.488 e. The maximum Gasteiger partial charge on any atom is 0.488 e. The van der Waals surface area contributed by atoms with Gasteiger partial charge >= 0.3 is 13.2 Å². The van der Waals surface area contributed by atoms with Crippen LogP contribution in [0.3, 0.4) is 0 Å². The molecule has 1 heterocycles. The molecule has 0 aliphatic carbocycles. The van der Waals surface area contributed by atoms with E-state index in [0.29, 0.717) is 17.9 Å². The molecule has 0 unspecified atom stereocenters.